The molecule has 0 atom stereocenters. The Kier molecular flexibility index (Phi) is 6.38. The zero-order valence-corrected chi connectivity index (χ0v) is 16.5. The van der Waals surface area contributed by atoms with Crippen LogP contribution in [0.25, 0.3) is 0 Å². The Morgan fingerprint density at radius 2 is 1.13 bits per heavy atom. The number of hydrogen-bond acceptors (Lipinski definition) is 3. The number of halogens is 6. The van der Waals surface area contributed by atoms with Crippen LogP contribution in [0.5, 0.6) is 0 Å². The highest BCUT2D eigenvalue weighted by Crippen LogP contribution is 2.38. The summed E-state index contributed by atoms with van der Waals surface area (Å²) in [7, 11) is 0. The Balaban J connectivity index is 1.84. The van der Waals surface area contributed by atoms with E-state index in [0.717, 1.165) is 47.8 Å². The molecule has 0 spiro atoms. The third kappa shape index (κ3) is 5.52. The van der Waals surface area contributed by atoms with Gasteiger partial charge in [0.2, 0.25) is 0 Å². The summed E-state index contributed by atoms with van der Waals surface area (Å²) >= 11 is 2.07. The molecule has 0 N–H and O–H groups in total. The van der Waals surface area contributed by atoms with Gasteiger partial charge in [-0.15, -0.1) is 0 Å². The van der Waals surface area contributed by atoms with Crippen LogP contribution in [-0.2, 0) is 12.4 Å². The Bertz CT molecular complexity index is 1100. The molecule has 154 valence electrons. The minimum atomic E-state index is -4.47. The van der Waals surface area contributed by atoms with Gasteiger partial charge < -0.3 is 0 Å². The maximum Gasteiger partial charge on any atom is 0.416 e. The van der Waals surface area contributed by atoms with E-state index >= 15 is 0 Å². The molecule has 0 amide bonds. The minimum absolute atomic E-state index is 0.217. The molecule has 3 aromatic rings. The van der Waals surface area contributed by atoms with E-state index < -0.39 is 23.5 Å². The van der Waals surface area contributed by atoms with E-state index in [9.17, 15) is 31.6 Å². The van der Waals surface area contributed by atoms with Crippen LogP contribution in [0.2, 0.25) is 0 Å². The molecule has 0 aliphatic carbocycles. The summed E-state index contributed by atoms with van der Waals surface area (Å²) in [6.07, 6.45) is -8.93. The average Bonchev–Trinajstić information content (AvgIpc) is 2.68. The van der Waals surface area contributed by atoms with Crippen molar-refractivity contribution in [3.63, 3.8) is 0 Å². The molecule has 9 heteroatoms. The van der Waals surface area contributed by atoms with Gasteiger partial charge in [0.15, 0.2) is 0 Å². The summed E-state index contributed by atoms with van der Waals surface area (Å²) < 4.78 is 77.2. The fourth-order valence-corrected chi connectivity index (χ4v) is 4.34. The molecule has 0 bridgehead atoms. The van der Waals surface area contributed by atoms with Crippen LogP contribution in [0.15, 0.2) is 86.3 Å². The maximum absolute atomic E-state index is 12.9. The van der Waals surface area contributed by atoms with Crippen molar-refractivity contribution in [3.8, 4) is 6.07 Å². The van der Waals surface area contributed by atoms with Gasteiger partial charge in [0.1, 0.15) is 6.07 Å². The highest BCUT2D eigenvalue weighted by Gasteiger charge is 2.31. The van der Waals surface area contributed by atoms with Gasteiger partial charge in [-0.25, -0.2) is 0 Å². The van der Waals surface area contributed by atoms with Crippen molar-refractivity contribution in [2.45, 2.75) is 31.9 Å². The first kappa shape index (κ1) is 22.1. The molecule has 0 aliphatic heterocycles. The number of nitriles is 1. The molecule has 0 unspecified atom stereocenters. The van der Waals surface area contributed by atoms with Crippen LogP contribution < -0.4 is 0 Å². The summed E-state index contributed by atoms with van der Waals surface area (Å²) in [5, 5.41) is 9.42. The lowest BCUT2D eigenvalue weighted by Crippen LogP contribution is -2.04. The van der Waals surface area contributed by atoms with Crippen LogP contribution in [0.4, 0.5) is 26.3 Å². The van der Waals surface area contributed by atoms with E-state index in [0.29, 0.717) is 19.6 Å². The number of alkyl halides is 6. The van der Waals surface area contributed by atoms with E-state index in [1.54, 1.807) is 12.1 Å². The van der Waals surface area contributed by atoms with Crippen LogP contribution in [0.1, 0.15) is 16.7 Å². The highest BCUT2D eigenvalue weighted by molar-refractivity contribution is 7.99. The Morgan fingerprint density at radius 3 is 1.63 bits per heavy atom. The smallest absolute Gasteiger partial charge is 0.192 e. The van der Waals surface area contributed by atoms with Crippen molar-refractivity contribution >= 4 is 23.5 Å². The molecular weight excluding hydrogens is 444 g/mol. The Morgan fingerprint density at radius 1 is 0.633 bits per heavy atom. The van der Waals surface area contributed by atoms with Crippen molar-refractivity contribution < 1.29 is 26.3 Å². The summed E-state index contributed by atoms with van der Waals surface area (Å²) in [6.45, 7) is 0. The summed E-state index contributed by atoms with van der Waals surface area (Å²) in [5.41, 5.74) is -1.35. The zero-order valence-electron chi connectivity index (χ0n) is 14.9. The molecule has 3 rings (SSSR count). The molecule has 0 saturated heterocycles. The van der Waals surface area contributed by atoms with Crippen LogP contribution >= 0.6 is 23.5 Å². The molecule has 3 aromatic carbocycles. The normalized spacial score (nSPS) is 11.9. The predicted molar refractivity (Wildman–Crippen MR) is 102 cm³/mol. The van der Waals surface area contributed by atoms with Gasteiger partial charge in [0.05, 0.1) is 16.7 Å². The summed E-state index contributed by atoms with van der Waals surface area (Å²) in [4.78, 5) is 1.66. The third-order valence-electron chi connectivity index (χ3n) is 3.86. The van der Waals surface area contributed by atoms with E-state index in [2.05, 4.69) is 0 Å². The zero-order chi connectivity index (χ0) is 21.9. The monoisotopic (exact) mass is 455 g/mol. The SMILES string of the molecule is N#Cc1cc(Sc2cccc(C(F)(F)F)c2)ccc1Sc1cccc(C(F)(F)F)c1. The van der Waals surface area contributed by atoms with Crippen molar-refractivity contribution in [1.82, 2.24) is 0 Å². The largest absolute Gasteiger partial charge is 0.416 e. The van der Waals surface area contributed by atoms with Gasteiger partial charge in [-0.2, -0.15) is 31.6 Å². The fraction of sp³-hybridized carbons (Fsp3) is 0.0952. The van der Waals surface area contributed by atoms with E-state index in [1.807, 2.05) is 6.07 Å². The standard InChI is InChI=1S/C21H11F6NS2/c22-20(23,24)14-3-1-5-16(10-14)29-18-7-8-19(13(9-18)12-28)30-17-6-2-4-15(11-17)21(25,26)27/h1-11H. The van der Waals surface area contributed by atoms with Crippen molar-refractivity contribution in [1.29, 1.82) is 5.26 Å². The van der Waals surface area contributed by atoms with E-state index in [4.69, 9.17) is 0 Å². The quantitative estimate of drug-likeness (QED) is 0.374. The summed E-state index contributed by atoms with van der Waals surface area (Å²) in [5.74, 6) is 0. The molecule has 0 fully saturated rings. The number of nitrogens with zero attached hydrogens (tertiary/aromatic N) is 1. The Hall–Kier alpha value is -2.57. The van der Waals surface area contributed by atoms with Gasteiger partial charge in [-0.3, -0.25) is 0 Å². The van der Waals surface area contributed by atoms with E-state index in [1.165, 1.54) is 30.3 Å². The first-order valence-electron chi connectivity index (χ1n) is 8.30. The third-order valence-corrected chi connectivity index (χ3v) is 5.90. The second-order valence-electron chi connectivity index (χ2n) is 6.03. The molecule has 1 nitrogen and oxygen atoms in total. The molecule has 0 aromatic heterocycles. The molecule has 0 aliphatic rings. The van der Waals surface area contributed by atoms with Gasteiger partial charge in [0.25, 0.3) is 0 Å². The van der Waals surface area contributed by atoms with Gasteiger partial charge in [-0.1, -0.05) is 35.7 Å². The van der Waals surface area contributed by atoms with Crippen molar-refractivity contribution in [2.75, 3.05) is 0 Å². The van der Waals surface area contributed by atoms with Crippen molar-refractivity contribution in [2.24, 2.45) is 0 Å². The van der Waals surface area contributed by atoms with Gasteiger partial charge in [-0.05, 0) is 54.6 Å². The molecular formula is C21H11F6NS2. The van der Waals surface area contributed by atoms with Gasteiger partial charge in [0, 0.05) is 19.6 Å². The minimum Gasteiger partial charge on any atom is -0.192 e. The molecule has 0 saturated carbocycles. The van der Waals surface area contributed by atoms with Crippen molar-refractivity contribution in [3.05, 3.63) is 83.4 Å². The molecule has 0 radical (unpaired) electrons. The maximum atomic E-state index is 12.9. The number of hydrogen-bond donors (Lipinski definition) is 0. The summed E-state index contributed by atoms with van der Waals surface area (Å²) in [6, 6.07) is 16.2. The lowest BCUT2D eigenvalue weighted by molar-refractivity contribution is -0.138. The number of benzene rings is 3. The second kappa shape index (κ2) is 8.66. The molecule has 30 heavy (non-hydrogen) atoms. The van der Waals surface area contributed by atoms with Gasteiger partial charge >= 0.3 is 12.4 Å². The average molecular weight is 455 g/mol. The lowest BCUT2D eigenvalue weighted by Gasteiger charge is -2.11. The van der Waals surface area contributed by atoms with Crippen LogP contribution in [0.3, 0.4) is 0 Å². The lowest BCUT2D eigenvalue weighted by atomic mass is 10.2. The topological polar surface area (TPSA) is 23.8 Å². The first-order chi connectivity index (χ1) is 14.1. The second-order valence-corrected chi connectivity index (χ2v) is 8.29. The fourth-order valence-electron chi connectivity index (χ4n) is 2.48. The Labute approximate surface area is 176 Å². The predicted octanol–water partition coefficient (Wildman–Crippen LogP) is 7.90. The highest BCUT2D eigenvalue weighted by atomic mass is 32.2. The first-order valence-corrected chi connectivity index (χ1v) is 9.94. The van der Waals surface area contributed by atoms with E-state index in [-0.39, 0.29) is 5.56 Å². The molecule has 0 heterocycles. The number of rotatable bonds is 4. The van der Waals surface area contributed by atoms with Crippen LogP contribution in [0, 0.1) is 11.3 Å². The van der Waals surface area contributed by atoms with Crippen LogP contribution in [-0.4, -0.2) is 0 Å².